The van der Waals surface area contributed by atoms with E-state index < -0.39 is 0 Å². The van der Waals surface area contributed by atoms with Gasteiger partial charge < -0.3 is 15.5 Å². The molecule has 1 fully saturated rings. The van der Waals surface area contributed by atoms with Crippen LogP contribution in [0.5, 0.6) is 0 Å². The average Bonchev–Trinajstić information content (AvgIpc) is 3.14. The summed E-state index contributed by atoms with van der Waals surface area (Å²) in [5.41, 5.74) is 3.05. The molecule has 2 atom stereocenters. The van der Waals surface area contributed by atoms with Crippen molar-refractivity contribution in [2.45, 2.75) is 37.3 Å². The van der Waals surface area contributed by atoms with Crippen LogP contribution in [0.3, 0.4) is 0 Å². The fourth-order valence-electron chi connectivity index (χ4n) is 6.15. The Morgan fingerprint density at radius 1 is 0.930 bits per heavy atom. The van der Waals surface area contributed by atoms with E-state index >= 15 is 0 Å². The molecule has 5 rings (SSSR count). The summed E-state index contributed by atoms with van der Waals surface area (Å²) >= 11 is 3.52. The van der Waals surface area contributed by atoms with Crippen molar-refractivity contribution in [1.29, 1.82) is 0 Å². The second-order valence-electron chi connectivity index (χ2n) is 11.4. The van der Waals surface area contributed by atoms with Gasteiger partial charge in [0, 0.05) is 41.6 Å². The summed E-state index contributed by atoms with van der Waals surface area (Å²) in [6.45, 7) is 2.61. The standard InChI is InChI=1S/C36H41BrN4O2/c1-38-20-9-14-34-36(43)41(25-33(26-10-5-3-6-11-26)27-12-7-4-8-13-27)21-19-32(40(34)2)24-39-35(42)30-16-15-29-23-31(37)18-17-28(29)22-30/h3-8,10-13,15-18,22-23,32-34,38H,9,14,19-21,24-25H2,1-2H3,(H,39,42). The molecule has 4 aromatic rings. The Bertz CT molecular complexity index is 1470. The van der Waals surface area contributed by atoms with E-state index in [2.05, 4.69) is 91.0 Å². The predicted molar refractivity (Wildman–Crippen MR) is 178 cm³/mol. The number of carbonyl (C=O) groups excluding carboxylic acids is 2. The van der Waals surface area contributed by atoms with Crippen LogP contribution in [0.4, 0.5) is 0 Å². The van der Waals surface area contributed by atoms with Gasteiger partial charge in [0.15, 0.2) is 0 Å². The first-order valence-corrected chi connectivity index (χ1v) is 16.0. The third-order valence-electron chi connectivity index (χ3n) is 8.67. The maximum Gasteiger partial charge on any atom is 0.251 e. The molecule has 4 aromatic carbocycles. The van der Waals surface area contributed by atoms with Crippen molar-refractivity contribution in [3.8, 4) is 0 Å². The van der Waals surface area contributed by atoms with Crippen molar-refractivity contribution in [1.82, 2.24) is 20.4 Å². The number of fused-ring (bicyclic) bond motifs is 1. The van der Waals surface area contributed by atoms with Crippen molar-refractivity contribution in [2.24, 2.45) is 0 Å². The molecule has 0 saturated carbocycles. The lowest BCUT2D eigenvalue weighted by Gasteiger charge is -2.33. The molecule has 2 amide bonds. The number of amides is 2. The highest BCUT2D eigenvalue weighted by atomic mass is 79.9. The predicted octanol–water partition coefficient (Wildman–Crippen LogP) is 6.07. The molecule has 224 valence electrons. The van der Waals surface area contributed by atoms with Crippen molar-refractivity contribution >= 4 is 38.5 Å². The molecule has 7 heteroatoms. The maximum atomic E-state index is 14.2. The molecular weight excluding hydrogens is 600 g/mol. The number of nitrogens with zero attached hydrogens (tertiary/aromatic N) is 2. The monoisotopic (exact) mass is 640 g/mol. The average molecular weight is 642 g/mol. The lowest BCUT2D eigenvalue weighted by atomic mass is 9.90. The van der Waals surface area contributed by atoms with E-state index in [1.165, 1.54) is 11.1 Å². The van der Waals surface area contributed by atoms with Gasteiger partial charge >= 0.3 is 0 Å². The molecule has 0 aromatic heterocycles. The molecular formula is C36H41BrN4O2. The van der Waals surface area contributed by atoms with Crippen LogP contribution in [0, 0.1) is 0 Å². The molecule has 0 bridgehead atoms. The van der Waals surface area contributed by atoms with Crippen LogP contribution >= 0.6 is 15.9 Å². The zero-order valence-corrected chi connectivity index (χ0v) is 26.6. The van der Waals surface area contributed by atoms with E-state index in [9.17, 15) is 9.59 Å². The number of rotatable bonds is 11. The molecule has 2 unspecified atom stereocenters. The molecule has 1 aliphatic rings. The molecule has 1 heterocycles. The van der Waals surface area contributed by atoms with E-state index in [1.54, 1.807) is 0 Å². The minimum absolute atomic E-state index is 0.0424. The van der Waals surface area contributed by atoms with Gasteiger partial charge in [-0.2, -0.15) is 0 Å². The molecule has 2 N–H and O–H groups in total. The van der Waals surface area contributed by atoms with Gasteiger partial charge in [-0.1, -0.05) is 88.7 Å². The quantitative estimate of drug-likeness (QED) is 0.196. The minimum Gasteiger partial charge on any atom is -0.350 e. The van der Waals surface area contributed by atoms with Crippen LogP contribution in [0.2, 0.25) is 0 Å². The summed E-state index contributed by atoms with van der Waals surface area (Å²) in [5, 5.41) is 8.51. The summed E-state index contributed by atoms with van der Waals surface area (Å²) in [6, 6.07) is 32.6. The third kappa shape index (κ3) is 7.71. The number of nitrogens with one attached hydrogen (secondary N) is 2. The van der Waals surface area contributed by atoms with Crippen LogP contribution in [-0.4, -0.2) is 74.0 Å². The molecule has 43 heavy (non-hydrogen) atoms. The van der Waals surface area contributed by atoms with Gasteiger partial charge in [-0.05, 0) is 86.1 Å². The number of carbonyl (C=O) groups is 2. The first kappa shape index (κ1) is 30.9. The highest BCUT2D eigenvalue weighted by Crippen LogP contribution is 2.28. The fraction of sp³-hybridized carbons (Fsp3) is 0.333. The zero-order chi connectivity index (χ0) is 30.2. The minimum atomic E-state index is -0.246. The highest BCUT2D eigenvalue weighted by Gasteiger charge is 2.36. The van der Waals surface area contributed by atoms with Crippen LogP contribution in [0.25, 0.3) is 10.8 Å². The van der Waals surface area contributed by atoms with Gasteiger partial charge in [-0.3, -0.25) is 14.5 Å². The smallest absolute Gasteiger partial charge is 0.251 e. The van der Waals surface area contributed by atoms with Crippen molar-refractivity contribution < 1.29 is 9.59 Å². The van der Waals surface area contributed by atoms with E-state index in [0.29, 0.717) is 25.2 Å². The van der Waals surface area contributed by atoms with Gasteiger partial charge in [0.1, 0.15) is 0 Å². The largest absolute Gasteiger partial charge is 0.350 e. The van der Waals surface area contributed by atoms with Crippen LogP contribution < -0.4 is 10.6 Å². The van der Waals surface area contributed by atoms with Gasteiger partial charge in [0.25, 0.3) is 5.91 Å². The summed E-state index contributed by atoms with van der Waals surface area (Å²) in [4.78, 5) is 31.7. The Hall–Kier alpha value is -3.52. The highest BCUT2D eigenvalue weighted by molar-refractivity contribution is 9.10. The van der Waals surface area contributed by atoms with Crippen LogP contribution in [-0.2, 0) is 4.79 Å². The molecule has 0 radical (unpaired) electrons. The number of likely N-dealkylation sites (N-methyl/N-ethyl adjacent to an activating group) is 1. The second kappa shape index (κ2) is 14.8. The molecule has 6 nitrogen and oxygen atoms in total. The lowest BCUT2D eigenvalue weighted by molar-refractivity contribution is -0.135. The Morgan fingerprint density at radius 2 is 1.58 bits per heavy atom. The topological polar surface area (TPSA) is 64.7 Å². The molecule has 1 aliphatic heterocycles. The summed E-state index contributed by atoms with van der Waals surface area (Å²) < 4.78 is 1.01. The lowest BCUT2D eigenvalue weighted by Crippen LogP contribution is -2.50. The maximum absolute atomic E-state index is 14.2. The van der Waals surface area contributed by atoms with Gasteiger partial charge in [-0.25, -0.2) is 0 Å². The Morgan fingerprint density at radius 3 is 2.26 bits per heavy atom. The summed E-state index contributed by atoms with van der Waals surface area (Å²) in [5.74, 6) is 0.162. The summed E-state index contributed by atoms with van der Waals surface area (Å²) in [6.07, 6.45) is 2.45. The first-order valence-electron chi connectivity index (χ1n) is 15.2. The number of hydrogen-bond donors (Lipinski definition) is 2. The second-order valence-corrected chi connectivity index (χ2v) is 12.4. The van der Waals surface area contributed by atoms with Gasteiger partial charge in [0.05, 0.1) is 6.04 Å². The zero-order valence-electron chi connectivity index (χ0n) is 25.0. The SMILES string of the molecule is CNCCCC1C(=O)N(CC(c2ccccc2)c2ccccc2)CCC(CNC(=O)c2ccc3cc(Br)ccc3c2)N1C. The van der Waals surface area contributed by atoms with E-state index in [4.69, 9.17) is 0 Å². The third-order valence-corrected chi connectivity index (χ3v) is 9.16. The van der Waals surface area contributed by atoms with Gasteiger partial charge in [0.2, 0.25) is 5.91 Å². The van der Waals surface area contributed by atoms with Crippen LogP contribution in [0.15, 0.2) is 102 Å². The van der Waals surface area contributed by atoms with Gasteiger partial charge in [-0.15, -0.1) is 0 Å². The fourth-order valence-corrected chi connectivity index (χ4v) is 6.53. The summed E-state index contributed by atoms with van der Waals surface area (Å²) in [7, 11) is 3.99. The number of halogens is 1. The van der Waals surface area contributed by atoms with E-state index in [-0.39, 0.29) is 29.8 Å². The van der Waals surface area contributed by atoms with Crippen molar-refractivity contribution in [3.05, 3.63) is 118 Å². The van der Waals surface area contributed by atoms with Crippen molar-refractivity contribution in [2.75, 3.05) is 40.3 Å². The van der Waals surface area contributed by atoms with E-state index in [1.807, 2.05) is 56.6 Å². The first-order chi connectivity index (χ1) is 20.9. The normalized spacial score (nSPS) is 17.8. The molecule has 0 aliphatic carbocycles. The Labute approximate surface area is 263 Å². The van der Waals surface area contributed by atoms with Crippen molar-refractivity contribution in [3.63, 3.8) is 0 Å². The Kier molecular flexibility index (Phi) is 10.6. The van der Waals surface area contributed by atoms with E-state index in [0.717, 1.165) is 41.1 Å². The Balaban J connectivity index is 1.33. The molecule has 1 saturated heterocycles. The number of benzene rings is 4. The molecule has 0 spiro atoms. The van der Waals surface area contributed by atoms with Crippen LogP contribution in [0.1, 0.15) is 46.7 Å². The number of hydrogen-bond acceptors (Lipinski definition) is 4.